The van der Waals surface area contributed by atoms with E-state index in [0.717, 1.165) is 46.1 Å². The maximum atomic E-state index is 7.45. The normalized spacial score (nSPS) is 10.7. The van der Waals surface area contributed by atoms with E-state index in [1.165, 1.54) is 11.3 Å². The number of rotatable bonds is 7. The molecular weight excluding hydrogens is 372 g/mol. The number of aryl methyl sites for hydroxylation is 1. The van der Waals surface area contributed by atoms with Crippen LogP contribution in [0.15, 0.2) is 18.2 Å². The second-order valence-corrected chi connectivity index (χ2v) is 7.30. The van der Waals surface area contributed by atoms with E-state index in [1.807, 2.05) is 25.1 Å². The van der Waals surface area contributed by atoms with E-state index in [2.05, 4.69) is 23.6 Å². The van der Waals surface area contributed by atoms with Gasteiger partial charge in [0.15, 0.2) is 11.5 Å². The van der Waals surface area contributed by atoms with Crippen LogP contribution in [-0.2, 0) is 6.42 Å². The molecule has 7 heteroatoms. The van der Waals surface area contributed by atoms with Crippen LogP contribution in [0.2, 0.25) is 0 Å². The predicted molar refractivity (Wildman–Crippen MR) is 114 cm³/mol. The number of aromatic nitrogens is 2. The van der Waals surface area contributed by atoms with Gasteiger partial charge in [0, 0.05) is 24.9 Å². The summed E-state index contributed by atoms with van der Waals surface area (Å²) in [5, 5.41) is 1.68. The van der Waals surface area contributed by atoms with E-state index in [9.17, 15) is 0 Å². The number of fused-ring (bicyclic) bond motifs is 1. The van der Waals surface area contributed by atoms with E-state index in [-0.39, 0.29) is 0 Å². The molecule has 0 saturated heterocycles. The molecule has 0 spiro atoms. The lowest BCUT2D eigenvalue weighted by molar-refractivity contribution is 0.354. The van der Waals surface area contributed by atoms with Crippen LogP contribution in [0.5, 0.6) is 11.5 Å². The van der Waals surface area contributed by atoms with Gasteiger partial charge in [-0.1, -0.05) is 6.07 Å². The third kappa shape index (κ3) is 3.60. The second kappa shape index (κ2) is 8.44. The van der Waals surface area contributed by atoms with E-state index < -0.39 is 0 Å². The van der Waals surface area contributed by atoms with Crippen molar-refractivity contribution in [3.8, 4) is 11.5 Å². The van der Waals surface area contributed by atoms with Crippen molar-refractivity contribution >= 4 is 32.4 Å². The highest BCUT2D eigenvalue weighted by Gasteiger charge is 2.19. The van der Waals surface area contributed by atoms with Crippen LogP contribution < -0.4 is 14.4 Å². The molecule has 0 radical (unpaired) electrons. The fourth-order valence-electron chi connectivity index (χ4n) is 3.26. The summed E-state index contributed by atoms with van der Waals surface area (Å²) in [6.45, 7) is 15.4. The average molecular weight is 397 g/mol. The standard InChI is InChI=1S/C21H24N4O2S/c1-7-25(8-2)19-18-13(3)20(22-4)28-21(18)24-17(23-19)12-14-9-10-15(26-5)16(11-14)27-6/h9-11H,7-8,12H2,1-3,5-6H3. The first-order valence-electron chi connectivity index (χ1n) is 9.19. The van der Waals surface area contributed by atoms with Crippen LogP contribution in [0.1, 0.15) is 30.8 Å². The Balaban J connectivity index is 2.10. The Morgan fingerprint density at radius 2 is 1.82 bits per heavy atom. The van der Waals surface area contributed by atoms with Crippen molar-refractivity contribution in [2.24, 2.45) is 0 Å². The molecule has 6 nitrogen and oxygen atoms in total. The van der Waals surface area contributed by atoms with E-state index in [0.29, 0.717) is 22.9 Å². The van der Waals surface area contributed by atoms with Crippen molar-refractivity contribution in [2.45, 2.75) is 27.2 Å². The zero-order valence-corrected chi connectivity index (χ0v) is 17.7. The molecule has 0 aliphatic carbocycles. The molecule has 2 aromatic heterocycles. The number of anilines is 1. The smallest absolute Gasteiger partial charge is 0.246 e. The summed E-state index contributed by atoms with van der Waals surface area (Å²) < 4.78 is 10.7. The van der Waals surface area contributed by atoms with Gasteiger partial charge in [0.25, 0.3) is 0 Å². The number of hydrogen-bond donors (Lipinski definition) is 0. The molecule has 0 saturated carbocycles. The van der Waals surface area contributed by atoms with Crippen molar-refractivity contribution in [1.29, 1.82) is 0 Å². The molecule has 0 atom stereocenters. The Bertz CT molecular complexity index is 1040. The maximum absolute atomic E-state index is 7.45. The summed E-state index contributed by atoms with van der Waals surface area (Å²) in [6.07, 6.45) is 0.578. The molecule has 0 bridgehead atoms. The summed E-state index contributed by atoms with van der Waals surface area (Å²) in [5.74, 6) is 3.03. The van der Waals surface area contributed by atoms with Gasteiger partial charge in [0.1, 0.15) is 16.5 Å². The van der Waals surface area contributed by atoms with Gasteiger partial charge in [-0.2, -0.15) is 0 Å². The highest BCUT2D eigenvalue weighted by molar-refractivity contribution is 7.22. The zero-order valence-electron chi connectivity index (χ0n) is 16.9. The fourth-order valence-corrected chi connectivity index (χ4v) is 4.24. The molecule has 0 N–H and O–H groups in total. The highest BCUT2D eigenvalue weighted by atomic mass is 32.1. The molecule has 0 fully saturated rings. The van der Waals surface area contributed by atoms with Crippen molar-refractivity contribution < 1.29 is 9.47 Å². The largest absolute Gasteiger partial charge is 0.493 e. The van der Waals surface area contributed by atoms with Gasteiger partial charge in [0.05, 0.1) is 20.8 Å². The molecule has 0 unspecified atom stereocenters. The highest BCUT2D eigenvalue weighted by Crippen LogP contribution is 2.40. The molecule has 0 aliphatic rings. The first-order valence-corrected chi connectivity index (χ1v) is 10.0. The van der Waals surface area contributed by atoms with Crippen LogP contribution in [0, 0.1) is 13.5 Å². The van der Waals surface area contributed by atoms with Gasteiger partial charge in [-0.3, -0.25) is 0 Å². The van der Waals surface area contributed by atoms with E-state index in [1.54, 1.807) is 14.2 Å². The third-order valence-corrected chi connectivity index (χ3v) is 5.85. The fraction of sp³-hybridized carbons (Fsp3) is 0.381. The number of ether oxygens (including phenoxy) is 2. The lowest BCUT2D eigenvalue weighted by Gasteiger charge is -2.21. The minimum Gasteiger partial charge on any atom is -0.493 e. The number of benzene rings is 1. The lowest BCUT2D eigenvalue weighted by atomic mass is 10.1. The topological polar surface area (TPSA) is 51.8 Å². The Morgan fingerprint density at radius 1 is 1.11 bits per heavy atom. The predicted octanol–water partition coefficient (Wildman–Crippen LogP) is 5.00. The molecule has 146 valence electrons. The third-order valence-electron chi connectivity index (χ3n) is 4.77. The summed E-state index contributed by atoms with van der Waals surface area (Å²) >= 11 is 1.44. The molecule has 3 aromatic rings. The van der Waals surface area contributed by atoms with Gasteiger partial charge < -0.3 is 14.4 Å². The Labute approximate surface area is 169 Å². The van der Waals surface area contributed by atoms with Crippen LogP contribution >= 0.6 is 11.3 Å². The van der Waals surface area contributed by atoms with Gasteiger partial charge in [-0.15, -0.1) is 11.3 Å². The quantitative estimate of drug-likeness (QED) is 0.526. The number of nitrogens with zero attached hydrogens (tertiary/aromatic N) is 4. The first-order chi connectivity index (χ1) is 13.6. The Morgan fingerprint density at radius 3 is 2.43 bits per heavy atom. The second-order valence-electron chi connectivity index (χ2n) is 6.33. The number of methoxy groups -OCH3 is 2. The van der Waals surface area contributed by atoms with Gasteiger partial charge in [0.2, 0.25) is 5.00 Å². The number of thiophene rings is 1. The molecule has 0 amide bonds. The van der Waals surface area contributed by atoms with Crippen molar-refractivity contribution in [3.63, 3.8) is 0 Å². The Hall–Kier alpha value is -2.85. The van der Waals surface area contributed by atoms with Crippen LogP contribution in [0.3, 0.4) is 0 Å². The van der Waals surface area contributed by atoms with Crippen molar-refractivity contribution in [3.05, 3.63) is 46.6 Å². The molecule has 1 aromatic carbocycles. The summed E-state index contributed by atoms with van der Waals surface area (Å²) in [4.78, 5) is 16.4. The van der Waals surface area contributed by atoms with Crippen LogP contribution in [0.4, 0.5) is 10.8 Å². The minimum atomic E-state index is 0.578. The monoisotopic (exact) mass is 396 g/mol. The average Bonchev–Trinajstić information content (AvgIpc) is 3.04. The van der Waals surface area contributed by atoms with Crippen LogP contribution in [-0.4, -0.2) is 37.3 Å². The number of hydrogen-bond acceptors (Lipinski definition) is 6. The maximum Gasteiger partial charge on any atom is 0.246 e. The van der Waals surface area contributed by atoms with Gasteiger partial charge in [-0.05, 0) is 44.0 Å². The first kappa shape index (κ1) is 19.9. The SMILES string of the molecule is [C-]#[N+]c1sc2nc(Cc3ccc(OC)c(OC)c3)nc(N(CC)CC)c2c1C. The van der Waals surface area contributed by atoms with Crippen molar-refractivity contribution in [1.82, 2.24) is 9.97 Å². The van der Waals surface area contributed by atoms with Crippen LogP contribution in [0.25, 0.3) is 15.1 Å². The van der Waals surface area contributed by atoms with Gasteiger partial charge in [-0.25, -0.2) is 14.8 Å². The van der Waals surface area contributed by atoms with E-state index >= 15 is 0 Å². The lowest BCUT2D eigenvalue weighted by Crippen LogP contribution is -2.24. The summed E-state index contributed by atoms with van der Waals surface area (Å²) in [7, 11) is 3.25. The molecule has 3 rings (SSSR count). The molecule has 2 heterocycles. The zero-order chi connectivity index (χ0) is 20.3. The van der Waals surface area contributed by atoms with Crippen molar-refractivity contribution in [2.75, 3.05) is 32.2 Å². The minimum absolute atomic E-state index is 0.578. The summed E-state index contributed by atoms with van der Waals surface area (Å²) in [6, 6.07) is 5.84. The molecule has 28 heavy (non-hydrogen) atoms. The van der Waals surface area contributed by atoms with E-state index in [4.69, 9.17) is 26.0 Å². The molecule has 0 aliphatic heterocycles. The Kier molecular flexibility index (Phi) is 6.00. The summed E-state index contributed by atoms with van der Waals surface area (Å²) in [5.41, 5.74) is 2.01. The molecular formula is C21H24N4O2S. The van der Waals surface area contributed by atoms with Gasteiger partial charge >= 0.3 is 0 Å².